The minimum atomic E-state index is -0.936. The van der Waals surface area contributed by atoms with Gasteiger partial charge < -0.3 is 14.9 Å². The summed E-state index contributed by atoms with van der Waals surface area (Å²) < 4.78 is 4.82. The van der Waals surface area contributed by atoms with Crippen LogP contribution in [0.4, 0.5) is 0 Å². The summed E-state index contributed by atoms with van der Waals surface area (Å²) in [6.45, 7) is 0.124. The van der Waals surface area contributed by atoms with Crippen LogP contribution in [0.25, 0.3) is 0 Å². The van der Waals surface area contributed by atoms with Crippen molar-refractivity contribution in [2.45, 2.75) is 43.9 Å². The fraction of sp³-hybridized carbons (Fsp3) is 0.900. The molecule has 3 N–H and O–H groups in total. The first-order chi connectivity index (χ1) is 7.15. The van der Waals surface area contributed by atoms with Crippen LogP contribution in [0.1, 0.15) is 25.7 Å². The molecule has 3 atom stereocenters. The molecule has 1 fully saturated rings. The number of ether oxygens (including phenoxy) is 1. The predicted octanol–water partition coefficient (Wildman–Crippen LogP) is -0.0209. The highest BCUT2D eigenvalue weighted by molar-refractivity contribution is 5.73. The van der Waals surface area contributed by atoms with Crippen molar-refractivity contribution in [1.82, 2.24) is 5.32 Å². The van der Waals surface area contributed by atoms with Crippen molar-refractivity contribution in [1.29, 1.82) is 0 Å². The first kappa shape index (κ1) is 12.4. The van der Waals surface area contributed by atoms with Gasteiger partial charge in [-0.1, -0.05) is 12.8 Å². The van der Waals surface area contributed by atoms with Gasteiger partial charge in [0.05, 0.1) is 12.7 Å². The molecule has 0 radical (unpaired) electrons. The van der Waals surface area contributed by atoms with Gasteiger partial charge in [0.25, 0.3) is 0 Å². The number of nitrogens with one attached hydrogen (secondary N) is 1. The number of carbonyl (C=O) groups is 1. The minimum absolute atomic E-state index is 0.116. The third-order valence-electron chi connectivity index (χ3n) is 2.78. The summed E-state index contributed by atoms with van der Waals surface area (Å²) in [6.07, 6.45) is 3.19. The summed E-state index contributed by atoms with van der Waals surface area (Å²) >= 11 is 0. The van der Waals surface area contributed by atoms with Crippen molar-refractivity contribution in [2.75, 3.05) is 13.7 Å². The Hall–Kier alpha value is -0.650. The summed E-state index contributed by atoms with van der Waals surface area (Å²) in [4.78, 5) is 10.8. The van der Waals surface area contributed by atoms with Gasteiger partial charge >= 0.3 is 5.97 Å². The van der Waals surface area contributed by atoms with Crippen molar-refractivity contribution in [3.63, 3.8) is 0 Å². The van der Waals surface area contributed by atoms with Crippen LogP contribution in [0, 0.1) is 0 Å². The van der Waals surface area contributed by atoms with Crippen molar-refractivity contribution in [3.8, 4) is 0 Å². The molecule has 0 amide bonds. The van der Waals surface area contributed by atoms with Crippen molar-refractivity contribution in [3.05, 3.63) is 0 Å². The molecule has 0 spiro atoms. The maximum Gasteiger partial charge on any atom is 0.323 e. The number of hydrogen-bond donors (Lipinski definition) is 3. The van der Waals surface area contributed by atoms with Gasteiger partial charge in [-0.05, 0) is 12.8 Å². The van der Waals surface area contributed by atoms with Gasteiger partial charge in [-0.25, -0.2) is 0 Å². The van der Waals surface area contributed by atoms with E-state index in [4.69, 9.17) is 9.84 Å². The van der Waals surface area contributed by atoms with Crippen LogP contribution in [0.15, 0.2) is 0 Å². The molecule has 0 aromatic carbocycles. The molecular formula is C10H19NO4. The zero-order chi connectivity index (χ0) is 11.3. The quantitative estimate of drug-likeness (QED) is 0.603. The number of hydrogen-bond acceptors (Lipinski definition) is 4. The van der Waals surface area contributed by atoms with Crippen LogP contribution in [0.5, 0.6) is 0 Å². The lowest BCUT2D eigenvalue weighted by molar-refractivity contribution is -0.141. The SMILES string of the molecule is COCC(NC1CCCCC1O)C(=O)O. The number of carboxylic acid groups (broad SMARTS) is 1. The van der Waals surface area contributed by atoms with E-state index in [1.54, 1.807) is 0 Å². The van der Waals surface area contributed by atoms with Crippen LogP contribution < -0.4 is 5.32 Å². The average molecular weight is 217 g/mol. The first-order valence-electron chi connectivity index (χ1n) is 5.31. The van der Waals surface area contributed by atoms with E-state index < -0.39 is 18.1 Å². The second-order valence-corrected chi connectivity index (χ2v) is 3.97. The van der Waals surface area contributed by atoms with E-state index in [0.29, 0.717) is 0 Å². The van der Waals surface area contributed by atoms with Crippen molar-refractivity contribution < 1.29 is 19.7 Å². The van der Waals surface area contributed by atoms with Gasteiger partial charge in [0.15, 0.2) is 0 Å². The summed E-state index contributed by atoms with van der Waals surface area (Å²) in [5, 5.41) is 21.5. The average Bonchev–Trinajstić information content (AvgIpc) is 2.20. The molecule has 0 aromatic heterocycles. The first-order valence-corrected chi connectivity index (χ1v) is 5.31. The Morgan fingerprint density at radius 2 is 2.20 bits per heavy atom. The van der Waals surface area contributed by atoms with Crippen LogP contribution in [-0.4, -0.2) is 48.1 Å². The normalized spacial score (nSPS) is 28.7. The second-order valence-electron chi connectivity index (χ2n) is 3.97. The number of aliphatic carboxylic acids is 1. The van der Waals surface area contributed by atoms with Gasteiger partial charge in [-0.15, -0.1) is 0 Å². The number of aliphatic hydroxyl groups excluding tert-OH is 1. The van der Waals surface area contributed by atoms with Crippen LogP contribution in [0.2, 0.25) is 0 Å². The molecule has 5 heteroatoms. The molecule has 5 nitrogen and oxygen atoms in total. The summed E-state index contributed by atoms with van der Waals surface area (Å²) in [7, 11) is 1.47. The Bertz CT molecular complexity index is 210. The molecule has 15 heavy (non-hydrogen) atoms. The predicted molar refractivity (Wildman–Crippen MR) is 54.7 cm³/mol. The molecule has 0 aliphatic heterocycles. The maximum atomic E-state index is 10.8. The molecule has 1 rings (SSSR count). The Labute approximate surface area is 89.4 Å². The Morgan fingerprint density at radius 3 is 2.73 bits per heavy atom. The van der Waals surface area contributed by atoms with Gasteiger partial charge in [0.1, 0.15) is 6.04 Å². The van der Waals surface area contributed by atoms with E-state index >= 15 is 0 Å². The van der Waals surface area contributed by atoms with Crippen LogP contribution in [0.3, 0.4) is 0 Å². The number of rotatable bonds is 5. The monoisotopic (exact) mass is 217 g/mol. The fourth-order valence-corrected chi connectivity index (χ4v) is 1.92. The summed E-state index contributed by atoms with van der Waals surface area (Å²) in [6, 6.07) is -0.845. The number of methoxy groups -OCH3 is 1. The number of aliphatic hydroxyl groups is 1. The van der Waals surface area contributed by atoms with E-state index in [2.05, 4.69) is 5.32 Å². The Kier molecular flexibility index (Phi) is 5.01. The Morgan fingerprint density at radius 1 is 1.53 bits per heavy atom. The zero-order valence-electron chi connectivity index (χ0n) is 8.98. The standard InChI is InChI=1S/C10H19NO4/c1-15-6-8(10(13)14)11-7-4-2-3-5-9(7)12/h7-9,11-12H,2-6H2,1H3,(H,13,14). The molecule has 0 saturated heterocycles. The highest BCUT2D eigenvalue weighted by atomic mass is 16.5. The molecule has 0 aromatic rings. The van der Waals surface area contributed by atoms with E-state index in [-0.39, 0.29) is 12.6 Å². The maximum absolute atomic E-state index is 10.8. The molecule has 88 valence electrons. The summed E-state index contributed by atoms with van der Waals surface area (Å²) in [5.74, 6) is -0.936. The highest BCUT2D eigenvalue weighted by Crippen LogP contribution is 2.18. The van der Waals surface area contributed by atoms with Crippen molar-refractivity contribution >= 4 is 5.97 Å². The third-order valence-corrected chi connectivity index (χ3v) is 2.78. The molecule has 1 aliphatic carbocycles. The Balaban J connectivity index is 2.44. The molecular weight excluding hydrogens is 198 g/mol. The minimum Gasteiger partial charge on any atom is -0.480 e. The highest BCUT2D eigenvalue weighted by Gasteiger charge is 2.28. The van der Waals surface area contributed by atoms with Gasteiger partial charge in [-0.3, -0.25) is 10.1 Å². The summed E-state index contributed by atoms with van der Waals surface area (Å²) in [5.41, 5.74) is 0. The molecule has 3 unspecified atom stereocenters. The molecule has 0 bridgehead atoms. The van der Waals surface area contributed by atoms with Gasteiger partial charge in [-0.2, -0.15) is 0 Å². The van der Waals surface area contributed by atoms with E-state index in [9.17, 15) is 9.90 Å². The van der Waals surface area contributed by atoms with Crippen LogP contribution in [-0.2, 0) is 9.53 Å². The molecule has 0 heterocycles. The smallest absolute Gasteiger partial charge is 0.323 e. The fourth-order valence-electron chi connectivity index (χ4n) is 1.92. The van der Waals surface area contributed by atoms with Crippen LogP contribution >= 0.6 is 0 Å². The molecule has 1 saturated carbocycles. The zero-order valence-corrected chi connectivity index (χ0v) is 8.98. The van der Waals surface area contributed by atoms with Gasteiger partial charge in [0, 0.05) is 13.2 Å². The second kappa shape index (κ2) is 6.05. The third kappa shape index (κ3) is 3.77. The van der Waals surface area contributed by atoms with E-state index in [1.807, 2.05) is 0 Å². The van der Waals surface area contributed by atoms with Gasteiger partial charge in [0.2, 0.25) is 0 Å². The van der Waals surface area contributed by atoms with Crippen molar-refractivity contribution in [2.24, 2.45) is 0 Å². The lowest BCUT2D eigenvalue weighted by Crippen LogP contribution is -2.51. The topological polar surface area (TPSA) is 78.8 Å². The van der Waals surface area contributed by atoms with E-state index in [1.165, 1.54) is 7.11 Å². The largest absolute Gasteiger partial charge is 0.480 e. The molecule has 1 aliphatic rings. The lowest BCUT2D eigenvalue weighted by Gasteiger charge is -2.30. The lowest BCUT2D eigenvalue weighted by atomic mass is 9.92. The number of carboxylic acids is 1. The van der Waals surface area contributed by atoms with E-state index in [0.717, 1.165) is 25.7 Å².